The van der Waals surface area contributed by atoms with Crippen LogP contribution in [0, 0.1) is 6.92 Å². The van der Waals surface area contributed by atoms with E-state index in [4.69, 9.17) is 13.9 Å². The fourth-order valence-corrected chi connectivity index (χ4v) is 3.94. The van der Waals surface area contributed by atoms with Gasteiger partial charge < -0.3 is 13.9 Å². The van der Waals surface area contributed by atoms with Gasteiger partial charge in [-0.2, -0.15) is 0 Å². The Hall–Kier alpha value is -4.66. The number of aromatic nitrogens is 4. The van der Waals surface area contributed by atoms with Crippen molar-refractivity contribution in [3.05, 3.63) is 99.2 Å². The maximum atomic E-state index is 13.7. The van der Waals surface area contributed by atoms with E-state index in [0.29, 0.717) is 39.9 Å². The van der Waals surface area contributed by atoms with E-state index in [-0.39, 0.29) is 12.2 Å². The number of nitrogens with zero attached hydrogens (tertiary/aromatic N) is 4. The molecule has 3 aromatic heterocycles. The molecule has 0 N–H and O–H groups in total. The molecule has 0 bridgehead atoms. The van der Waals surface area contributed by atoms with Crippen molar-refractivity contribution in [1.29, 1.82) is 0 Å². The van der Waals surface area contributed by atoms with Gasteiger partial charge in [0, 0.05) is 11.8 Å². The first-order valence-corrected chi connectivity index (χ1v) is 10.9. The molecule has 0 aliphatic heterocycles. The summed E-state index contributed by atoms with van der Waals surface area (Å²) in [6, 6.07) is 17.7. The van der Waals surface area contributed by atoms with Gasteiger partial charge in [-0.25, -0.2) is 19.3 Å². The summed E-state index contributed by atoms with van der Waals surface area (Å²) >= 11 is 0. The van der Waals surface area contributed by atoms with Crippen molar-refractivity contribution in [3.63, 3.8) is 0 Å². The highest BCUT2D eigenvalue weighted by atomic mass is 16.5. The van der Waals surface area contributed by atoms with Gasteiger partial charge in [0.25, 0.3) is 5.56 Å². The quantitative estimate of drug-likeness (QED) is 0.374. The highest BCUT2D eigenvalue weighted by Crippen LogP contribution is 2.25. The van der Waals surface area contributed by atoms with Gasteiger partial charge in [-0.3, -0.25) is 9.36 Å². The Morgan fingerprint density at radius 1 is 0.943 bits per heavy atom. The number of rotatable bonds is 6. The Morgan fingerprint density at radius 3 is 2.46 bits per heavy atom. The molecule has 0 saturated heterocycles. The lowest BCUT2D eigenvalue weighted by Gasteiger charge is -2.15. The molecule has 0 aliphatic carbocycles. The fraction of sp³-hybridized carbons (Fsp3) is 0.154. The van der Waals surface area contributed by atoms with Crippen molar-refractivity contribution in [2.45, 2.75) is 13.5 Å². The van der Waals surface area contributed by atoms with Crippen molar-refractivity contribution in [2.75, 3.05) is 14.2 Å². The minimum Gasteiger partial charge on any atom is -0.497 e. The number of hydrogen-bond donors (Lipinski definition) is 0. The molecule has 176 valence electrons. The lowest BCUT2D eigenvalue weighted by molar-refractivity contribution is 0.412. The molecule has 0 radical (unpaired) electrons. The third-order valence-electron chi connectivity index (χ3n) is 5.76. The second-order valence-corrected chi connectivity index (χ2v) is 7.81. The summed E-state index contributed by atoms with van der Waals surface area (Å²) in [6.45, 7) is 1.69. The molecule has 0 amide bonds. The third-order valence-corrected chi connectivity index (χ3v) is 5.76. The lowest BCUT2D eigenvalue weighted by Crippen LogP contribution is -2.40. The standard InChI is InChI=1S/C26H22N4O5/c1-16-20(28-24(35-16)17-10-12-18(33-2)13-11-17)15-29-25(31)19-7-6-14-27-23(19)30(26(29)32)21-8-4-5-9-22(21)34-3/h4-14H,15H2,1-3H3. The molecule has 9 nitrogen and oxygen atoms in total. The number of para-hydroxylation sites is 2. The molecule has 9 heteroatoms. The van der Waals surface area contributed by atoms with Gasteiger partial charge in [-0.1, -0.05) is 12.1 Å². The summed E-state index contributed by atoms with van der Waals surface area (Å²) in [5, 5.41) is 0.300. The normalized spacial score (nSPS) is 11.1. The van der Waals surface area contributed by atoms with Crippen LogP contribution in [0.1, 0.15) is 11.5 Å². The molecule has 0 atom stereocenters. The smallest absolute Gasteiger partial charge is 0.337 e. The van der Waals surface area contributed by atoms with Gasteiger partial charge in [0.15, 0.2) is 5.65 Å². The Bertz CT molecular complexity index is 1650. The SMILES string of the molecule is COc1ccc(-c2nc(Cn3c(=O)c4cccnc4n(-c4ccccc4OC)c3=O)c(C)o2)cc1. The maximum Gasteiger partial charge on any atom is 0.337 e. The number of ether oxygens (including phenoxy) is 2. The average molecular weight is 470 g/mol. The second-order valence-electron chi connectivity index (χ2n) is 7.81. The molecule has 0 saturated carbocycles. The summed E-state index contributed by atoms with van der Waals surface area (Å²) in [7, 11) is 3.12. The van der Waals surface area contributed by atoms with E-state index >= 15 is 0 Å². The largest absolute Gasteiger partial charge is 0.497 e. The number of hydrogen-bond acceptors (Lipinski definition) is 7. The van der Waals surface area contributed by atoms with Crippen LogP contribution in [-0.4, -0.2) is 33.3 Å². The second kappa shape index (κ2) is 8.94. The van der Waals surface area contributed by atoms with Gasteiger partial charge >= 0.3 is 5.69 Å². The van der Waals surface area contributed by atoms with E-state index in [0.717, 1.165) is 10.1 Å². The van der Waals surface area contributed by atoms with Gasteiger partial charge in [-0.05, 0) is 55.5 Å². The summed E-state index contributed by atoms with van der Waals surface area (Å²) in [6.07, 6.45) is 1.54. The number of oxazole rings is 1. The monoisotopic (exact) mass is 470 g/mol. The van der Waals surface area contributed by atoms with Crippen molar-refractivity contribution < 1.29 is 13.9 Å². The van der Waals surface area contributed by atoms with Gasteiger partial charge in [0.1, 0.15) is 23.0 Å². The molecular weight excluding hydrogens is 448 g/mol. The van der Waals surface area contributed by atoms with Crippen LogP contribution in [0.25, 0.3) is 28.2 Å². The zero-order valence-corrected chi connectivity index (χ0v) is 19.4. The number of methoxy groups -OCH3 is 2. The van der Waals surface area contributed by atoms with Crippen LogP contribution in [0.4, 0.5) is 0 Å². The first-order valence-electron chi connectivity index (χ1n) is 10.9. The first kappa shape index (κ1) is 22.1. The third kappa shape index (κ3) is 3.86. The van der Waals surface area contributed by atoms with Gasteiger partial charge in [-0.15, -0.1) is 0 Å². The summed E-state index contributed by atoms with van der Waals surface area (Å²) < 4.78 is 19.0. The Morgan fingerprint density at radius 2 is 1.71 bits per heavy atom. The average Bonchev–Trinajstić information content (AvgIpc) is 3.27. The molecule has 0 fully saturated rings. The van der Waals surface area contributed by atoms with E-state index in [2.05, 4.69) is 9.97 Å². The first-order chi connectivity index (χ1) is 17.0. The van der Waals surface area contributed by atoms with Crippen molar-refractivity contribution in [3.8, 4) is 28.6 Å². The molecule has 5 rings (SSSR count). The fourth-order valence-electron chi connectivity index (χ4n) is 3.94. The highest BCUT2D eigenvalue weighted by molar-refractivity contribution is 5.76. The predicted octanol–water partition coefficient (Wildman–Crippen LogP) is 3.58. The van der Waals surface area contributed by atoms with E-state index in [1.807, 2.05) is 12.1 Å². The Labute approximate surface area is 199 Å². The Kier molecular flexibility index (Phi) is 5.66. The van der Waals surface area contributed by atoms with Crippen LogP contribution in [-0.2, 0) is 6.54 Å². The minimum atomic E-state index is -0.556. The van der Waals surface area contributed by atoms with Crippen LogP contribution < -0.4 is 20.7 Å². The molecule has 3 heterocycles. The lowest BCUT2D eigenvalue weighted by atomic mass is 10.2. The molecule has 0 spiro atoms. The predicted molar refractivity (Wildman–Crippen MR) is 130 cm³/mol. The molecule has 0 aliphatic rings. The molecular formula is C26H22N4O5. The van der Waals surface area contributed by atoms with Crippen molar-refractivity contribution >= 4 is 11.0 Å². The van der Waals surface area contributed by atoms with Gasteiger partial charge in [0.05, 0.1) is 31.8 Å². The zero-order valence-electron chi connectivity index (χ0n) is 19.4. The van der Waals surface area contributed by atoms with E-state index < -0.39 is 11.2 Å². The van der Waals surface area contributed by atoms with E-state index in [9.17, 15) is 9.59 Å². The number of benzene rings is 2. The summed E-state index contributed by atoms with van der Waals surface area (Å²) in [4.78, 5) is 36.0. The van der Waals surface area contributed by atoms with Crippen LogP contribution in [0.5, 0.6) is 11.5 Å². The van der Waals surface area contributed by atoms with Crippen LogP contribution in [0.15, 0.2) is 80.9 Å². The van der Waals surface area contributed by atoms with E-state index in [1.165, 1.54) is 11.7 Å². The summed E-state index contributed by atoms with van der Waals surface area (Å²) in [5.41, 5.74) is 0.940. The summed E-state index contributed by atoms with van der Waals surface area (Å²) in [5.74, 6) is 2.09. The van der Waals surface area contributed by atoms with Crippen molar-refractivity contribution in [1.82, 2.24) is 19.1 Å². The van der Waals surface area contributed by atoms with Crippen LogP contribution >= 0.6 is 0 Å². The van der Waals surface area contributed by atoms with Crippen LogP contribution in [0.3, 0.4) is 0 Å². The number of pyridine rings is 1. The van der Waals surface area contributed by atoms with Gasteiger partial charge in [0.2, 0.25) is 5.89 Å². The molecule has 2 aromatic carbocycles. The maximum absolute atomic E-state index is 13.7. The molecule has 0 unspecified atom stereocenters. The Balaban J connectivity index is 1.66. The minimum absolute atomic E-state index is 0.0663. The molecule has 35 heavy (non-hydrogen) atoms. The molecule has 5 aromatic rings. The number of aryl methyl sites for hydroxylation is 1. The van der Waals surface area contributed by atoms with E-state index in [1.54, 1.807) is 68.8 Å². The zero-order chi connectivity index (χ0) is 24.5. The highest BCUT2D eigenvalue weighted by Gasteiger charge is 2.20. The number of fused-ring (bicyclic) bond motifs is 1. The van der Waals surface area contributed by atoms with Crippen molar-refractivity contribution in [2.24, 2.45) is 0 Å². The topological polar surface area (TPSA) is 101 Å². The van der Waals surface area contributed by atoms with Crippen LogP contribution in [0.2, 0.25) is 0 Å².